The summed E-state index contributed by atoms with van der Waals surface area (Å²) in [6.45, 7) is 8.44. The van der Waals surface area contributed by atoms with Crippen molar-refractivity contribution in [3.05, 3.63) is 65.2 Å². The van der Waals surface area contributed by atoms with Gasteiger partial charge in [0.05, 0.1) is 13.2 Å². The molecule has 2 aromatic rings. The van der Waals surface area contributed by atoms with Crippen molar-refractivity contribution in [1.29, 1.82) is 0 Å². The van der Waals surface area contributed by atoms with Crippen molar-refractivity contribution in [3.8, 4) is 0 Å². The molecule has 138 valence electrons. The van der Waals surface area contributed by atoms with Gasteiger partial charge in [0.25, 0.3) is 5.91 Å². The van der Waals surface area contributed by atoms with Crippen molar-refractivity contribution in [2.45, 2.75) is 26.2 Å². The van der Waals surface area contributed by atoms with Gasteiger partial charge in [-0.05, 0) is 47.7 Å². The van der Waals surface area contributed by atoms with Crippen LogP contribution in [0.25, 0.3) is 0 Å². The molecule has 0 saturated carbocycles. The summed E-state index contributed by atoms with van der Waals surface area (Å²) in [5.41, 5.74) is 4.45. The highest BCUT2D eigenvalue weighted by Gasteiger charge is 2.11. The summed E-state index contributed by atoms with van der Waals surface area (Å²) in [6.07, 6.45) is 0.833. The first-order chi connectivity index (χ1) is 12.6. The molecule has 1 N–H and O–H groups in total. The standard InChI is InChI=1S/C22H28N2O2/c1-17(2)19-5-7-20(8-6-19)22(25)23-12-11-18-3-9-21(10-4-18)24-13-15-26-16-14-24/h3-10,17H,11-16H2,1-2H3,(H,23,25). The van der Waals surface area contributed by atoms with Crippen LogP contribution in [-0.4, -0.2) is 38.8 Å². The van der Waals surface area contributed by atoms with E-state index >= 15 is 0 Å². The van der Waals surface area contributed by atoms with E-state index in [-0.39, 0.29) is 5.91 Å². The predicted octanol–water partition coefficient (Wildman–Crippen LogP) is 3.62. The van der Waals surface area contributed by atoms with E-state index in [1.165, 1.54) is 16.8 Å². The number of rotatable bonds is 6. The number of nitrogens with zero attached hydrogens (tertiary/aromatic N) is 1. The molecule has 0 aliphatic carbocycles. The minimum Gasteiger partial charge on any atom is -0.378 e. The zero-order valence-corrected chi connectivity index (χ0v) is 15.7. The molecule has 0 bridgehead atoms. The number of nitrogens with one attached hydrogen (secondary N) is 1. The third-order valence-electron chi connectivity index (χ3n) is 4.85. The Balaban J connectivity index is 1.47. The van der Waals surface area contributed by atoms with Crippen LogP contribution in [0.4, 0.5) is 5.69 Å². The predicted molar refractivity (Wildman–Crippen MR) is 106 cm³/mol. The van der Waals surface area contributed by atoms with Gasteiger partial charge < -0.3 is 15.0 Å². The Morgan fingerprint density at radius 1 is 1.04 bits per heavy atom. The molecular weight excluding hydrogens is 324 g/mol. The number of ether oxygens (including phenoxy) is 1. The molecule has 26 heavy (non-hydrogen) atoms. The van der Waals surface area contributed by atoms with Gasteiger partial charge >= 0.3 is 0 Å². The second kappa shape index (κ2) is 8.86. The smallest absolute Gasteiger partial charge is 0.251 e. The second-order valence-electron chi connectivity index (χ2n) is 7.05. The highest BCUT2D eigenvalue weighted by molar-refractivity contribution is 5.94. The molecule has 1 fully saturated rings. The lowest BCUT2D eigenvalue weighted by Crippen LogP contribution is -2.36. The van der Waals surface area contributed by atoms with Gasteiger partial charge in [-0.2, -0.15) is 0 Å². The van der Waals surface area contributed by atoms with Crippen molar-refractivity contribution in [2.75, 3.05) is 37.7 Å². The quantitative estimate of drug-likeness (QED) is 0.863. The molecule has 0 unspecified atom stereocenters. The van der Waals surface area contributed by atoms with Crippen LogP contribution in [0.5, 0.6) is 0 Å². The van der Waals surface area contributed by atoms with Gasteiger partial charge in [0.15, 0.2) is 0 Å². The Morgan fingerprint density at radius 3 is 2.31 bits per heavy atom. The summed E-state index contributed by atoms with van der Waals surface area (Å²) in [6, 6.07) is 16.5. The maximum absolute atomic E-state index is 12.2. The van der Waals surface area contributed by atoms with Crippen LogP contribution in [-0.2, 0) is 11.2 Å². The molecule has 1 amide bonds. The lowest BCUT2D eigenvalue weighted by Gasteiger charge is -2.28. The van der Waals surface area contributed by atoms with E-state index in [1.807, 2.05) is 24.3 Å². The first kappa shape index (κ1) is 18.5. The minimum atomic E-state index is -0.00903. The summed E-state index contributed by atoms with van der Waals surface area (Å²) in [4.78, 5) is 14.6. The molecular formula is C22H28N2O2. The SMILES string of the molecule is CC(C)c1ccc(C(=O)NCCc2ccc(N3CCOCC3)cc2)cc1. The molecule has 1 aliphatic heterocycles. The fourth-order valence-electron chi connectivity index (χ4n) is 3.14. The van der Waals surface area contributed by atoms with E-state index in [9.17, 15) is 4.79 Å². The number of carbonyl (C=O) groups excluding carboxylic acids is 1. The van der Waals surface area contributed by atoms with Gasteiger partial charge in [0, 0.05) is 30.9 Å². The first-order valence-electron chi connectivity index (χ1n) is 9.43. The summed E-state index contributed by atoms with van der Waals surface area (Å²) in [7, 11) is 0. The molecule has 0 aromatic heterocycles. The third kappa shape index (κ3) is 4.85. The fourth-order valence-corrected chi connectivity index (χ4v) is 3.14. The number of carbonyl (C=O) groups is 1. The van der Waals surface area contributed by atoms with E-state index < -0.39 is 0 Å². The zero-order valence-electron chi connectivity index (χ0n) is 15.7. The molecule has 0 atom stereocenters. The van der Waals surface area contributed by atoms with Crippen molar-refractivity contribution in [1.82, 2.24) is 5.32 Å². The van der Waals surface area contributed by atoms with E-state index in [0.717, 1.165) is 38.3 Å². The zero-order chi connectivity index (χ0) is 18.4. The van der Waals surface area contributed by atoms with Crippen molar-refractivity contribution >= 4 is 11.6 Å². The van der Waals surface area contributed by atoms with Crippen LogP contribution in [0.3, 0.4) is 0 Å². The van der Waals surface area contributed by atoms with E-state index in [4.69, 9.17) is 4.74 Å². The summed E-state index contributed by atoms with van der Waals surface area (Å²) >= 11 is 0. The molecule has 4 nitrogen and oxygen atoms in total. The van der Waals surface area contributed by atoms with E-state index in [1.54, 1.807) is 0 Å². The summed E-state index contributed by atoms with van der Waals surface area (Å²) in [5.74, 6) is 0.470. The first-order valence-corrected chi connectivity index (χ1v) is 9.43. The van der Waals surface area contributed by atoms with Crippen molar-refractivity contribution in [3.63, 3.8) is 0 Å². The number of morpholine rings is 1. The Kier molecular flexibility index (Phi) is 6.29. The highest BCUT2D eigenvalue weighted by atomic mass is 16.5. The molecule has 2 aromatic carbocycles. The van der Waals surface area contributed by atoms with Gasteiger partial charge in [-0.1, -0.05) is 38.1 Å². The van der Waals surface area contributed by atoms with Crippen LogP contribution in [0.15, 0.2) is 48.5 Å². The van der Waals surface area contributed by atoms with Gasteiger partial charge in [-0.25, -0.2) is 0 Å². The number of anilines is 1. The summed E-state index contributed by atoms with van der Waals surface area (Å²) < 4.78 is 5.39. The molecule has 1 saturated heterocycles. The van der Waals surface area contributed by atoms with Crippen molar-refractivity contribution < 1.29 is 9.53 Å². The van der Waals surface area contributed by atoms with Gasteiger partial charge in [0.2, 0.25) is 0 Å². The normalized spacial score (nSPS) is 14.5. The van der Waals surface area contributed by atoms with Crippen molar-refractivity contribution in [2.24, 2.45) is 0 Å². The maximum atomic E-state index is 12.2. The lowest BCUT2D eigenvalue weighted by molar-refractivity contribution is 0.0954. The summed E-state index contributed by atoms with van der Waals surface area (Å²) in [5, 5.41) is 3.01. The maximum Gasteiger partial charge on any atom is 0.251 e. The van der Waals surface area contributed by atoms with Crippen LogP contribution in [0, 0.1) is 0 Å². The lowest BCUT2D eigenvalue weighted by atomic mass is 10.0. The Morgan fingerprint density at radius 2 is 1.69 bits per heavy atom. The molecule has 1 aliphatic rings. The molecule has 3 rings (SSSR count). The third-order valence-corrected chi connectivity index (χ3v) is 4.85. The topological polar surface area (TPSA) is 41.6 Å². The highest BCUT2D eigenvalue weighted by Crippen LogP contribution is 2.17. The van der Waals surface area contributed by atoms with Crippen LogP contribution in [0.2, 0.25) is 0 Å². The number of hydrogen-bond donors (Lipinski definition) is 1. The fraction of sp³-hybridized carbons (Fsp3) is 0.409. The number of benzene rings is 2. The largest absolute Gasteiger partial charge is 0.378 e. The van der Waals surface area contributed by atoms with Gasteiger partial charge in [0.1, 0.15) is 0 Å². The molecule has 0 radical (unpaired) electrons. The molecule has 4 heteroatoms. The number of hydrogen-bond acceptors (Lipinski definition) is 3. The van der Waals surface area contributed by atoms with Crippen LogP contribution in [0.1, 0.15) is 41.3 Å². The second-order valence-corrected chi connectivity index (χ2v) is 7.05. The van der Waals surface area contributed by atoms with Gasteiger partial charge in [-0.15, -0.1) is 0 Å². The average molecular weight is 352 g/mol. The van der Waals surface area contributed by atoms with Gasteiger partial charge in [-0.3, -0.25) is 4.79 Å². The Bertz CT molecular complexity index is 702. The van der Waals surface area contributed by atoms with Crippen LogP contribution >= 0.6 is 0 Å². The Labute approximate surface area is 156 Å². The molecule has 1 heterocycles. The number of amides is 1. The van der Waals surface area contributed by atoms with Crippen LogP contribution < -0.4 is 10.2 Å². The molecule has 0 spiro atoms. The van der Waals surface area contributed by atoms with E-state index in [2.05, 4.69) is 48.3 Å². The monoisotopic (exact) mass is 352 g/mol. The van der Waals surface area contributed by atoms with E-state index in [0.29, 0.717) is 12.5 Å². The minimum absolute atomic E-state index is 0.00903. The Hall–Kier alpha value is -2.33. The average Bonchev–Trinajstić information content (AvgIpc) is 2.69.